The minimum absolute atomic E-state index is 0.0445. The molecule has 0 spiro atoms. The molecule has 0 amide bonds. The van der Waals surface area contributed by atoms with E-state index >= 15 is 0 Å². The van der Waals surface area contributed by atoms with Gasteiger partial charge in [0.1, 0.15) is 11.0 Å². The Kier molecular flexibility index (Phi) is 2.23. The van der Waals surface area contributed by atoms with E-state index in [9.17, 15) is 13.5 Å². The van der Waals surface area contributed by atoms with Crippen molar-refractivity contribution in [2.45, 2.75) is 6.10 Å². The van der Waals surface area contributed by atoms with E-state index in [1.807, 2.05) is 12.1 Å². The molecule has 0 aliphatic heterocycles. The standard InChI is InChI=1S/C10H8O3S/c11-9-6-5-7-3-1-2-4-8(7)10(9)14(12)13/h1-6,9,11H. The number of benzene rings is 1. The highest BCUT2D eigenvalue weighted by Gasteiger charge is 2.19. The van der Waals surface area contributed by atoms with Crippen LogP contribution in [0.4, 0.5) is 0 Å². The van der Waals surface area contributed by atoms with Crippen molar-refractivity contribution in [1.82, 2.24) is 0 Å². The van der Waals surface area contributed by atoms with E-state index in [2.05, 4.69) is 0 Å². The van der Waals surface area contributed by atoms with Gasteiger partial charge in [0.25, 0.3) is 0 Å². The Morgan fingerprint density at radius 3 is 2.64 bits per heavy atom. The van der Waals surface area contributed by atoms with Crippen LogP contribution in [-0.4, -0.2) is 24.5 Å². The predicted molar refractivity (Wildman–Crippen MR) is 54.5 cm³/mol. The van der Waals surface area contributed by atoms with Gasteiger partial charge in [0.15, 0.2) is 0 Å². The molecule has 3 nitrogen and oxygen atoms in total. The number of rotatable bonds is 0. The third kappa shape index (κ3) is 1.38. The van der Waals surface area contributed by atoms with Gasteiger partial charge in [0, 0.05) is 5.56 Å². The monoisotopic (exact) mass is 208 g/mol. The Morgan fingerprint density at radius 2 is 1.93 bits per heavy atom. The molecule has 1 atom stereocenters. The van der Waals surface area contributed by atoms with Crippen LogP contribution in [0, 0.1) is 0 Å². The molecule has 1 aliphatic rings. The first-order chi connectivity index (χ1) is 6.70. The maximum atomic E-state index is 10.9. The lowest BCUT2D eigenvalue weighted by molar-refractivity contribution is 0.292. The van der Waals surface area contributed by atoms with Crippen LogP contribution in [0.2, 0.25) is 0 Å². The van der Waals surface area contributed by atoms with E-state index < -0.39 is 16.4 Å². The smallest absolute Gasteiger partial charge is 0.220 e. The molecule has 1 aromatic carbocycles. The SMILES string of the molecule is O=S(=O)=C1c2ccccc2C=CC1O. The van der Waals surface area contributed by atoms with Crippen LogP contribution in [0.1, 0.15) is 11.1 Å². The lowest BCUT2D eigenvalue weighted by atomic mass is 9.96. The summed E-state index contributed by atoms with van der Waals surface area (Å²) in [5.41, 5.74) is 1.40. The fourth-order valence-corrected chi connectivity index (χ4v) is 2.14. The molecular weight excluding hydrogens is 200 g/mol. The number of hydrogen-bond acceptors (Lipinski definition) is 3. The van der Waals surface area contributed by atoms with Crippen LogP contribution < -0.4 is 0 Å². The van der Waals surface area contributed by atoms with E-state index in [0.29, 0.717) is 5.56 Å². The van der Waals surface area contributed by atoms with E-state index in [-0.39, 0.29) is 4.86 Å². The van der Waals surface area contributed by atoms with Gasteiger partial charge in [-0.25, -0.2) is 0 Å². The lowest BCUT2D eigenvalue weighted by Crippen LogP contribution is -2.23. The molecule has 0 saturated carbocycles. The molecule has 1 aromatic rings. The zero-order valence-electron chi connectivity index (χ0n) is 7.21. The van der Waals surface area contributed by atoms with Crippen LogP contribution in [0.3, 0.4) is 0 Å². The van der Waals surface area contributed by atoms with Gasteiger partial charge in [0.05, 0.1) is 0 Å². The third-order valence-electron chi connectivity index (χ3n) is 2.13. The first-order valence-corrected chi connectivity index (χ1v) is 5.19. The summed E-state index contributed by atoms with van der Waals surface area (Å²) in [5.74, 6) is 0. The molecule has 0 aromatic heterocycles. The Labute approximate surface area is 82.9 Å². The summed E-state index contributed by atoms with van der Waals surface area (Å²) in [4.78, 5) is 0.0445. The normalized spacial score (nSPS) is 19.2. The lowest BCUT2D eigenvalue weighted by Gasteiger charge is -2.14. The van der Waals surface area contributed by atoms with E-state index in [1.54, 1.807) is 18.2 Å². The second-order valence-electron chi connectivity index (χ2n) is 2.99. The number of hydrogen-bond donors (Lipinski definition) is 1. The maximum absolute atomic E-state index is 10.9. The van der Waals surface area contributed by atoms with Crippen molar-refractivity contribution in [3.05, 3.63) is 41.5 Å². The van der Waals surface area contributed by atoms with Crippen LogP contribution in [0.5, 0.6) is 0 Å². The second-order valence-corrected chi connectivity index (χ2v) is 3.90. The third-order valence-corrected chi connectivity index (χ3v) is 2.95. The molecule has 0 radical (unpaired) electrons. The van der Waals surface area contributed by atoms with Gasteiger partial charge >= 0.3 is 0 Å². The molecule has 2 rings (SSSR count). The van der Waals surface area contributed by atoms with Gasteiger partial charge in [-0.1, -0.05) is 36.4 Å². The minimum atomic E-state index is -2.38. The summed E-state index contributed by atoms with van der Waals surface area (Å²) in [6.45, 7) is 0. The molecule has 72 valence electrons. The van der Waals surface area contributed by atoms with Gasteiger partial charge in [-0.05, 0) is 5.56 Å². The topological polar surface area (TPSA) is 54.4 Å². The largest absolute Gasteiger partial charge is 0.383 e. The minimum Gasteiger partial charge on any atom is -0.383 e. The zero-order valence-corrected chi connectivity index (χ0v) is 8.03. The predicted octanol–water partition coefficient (Wildman–Crippen LogP) is 0.474. The van der Waals surface area contributed by atoms with Crippen LogP contribution in [0.25, 0.3) is 6.08 Å². The maximum Gasteiger partial charge on any atom is 0.220 e. The van der Waals surface area contributed by atoms with Crippen LogP contribution in [-0.2, 0) is 10.3 Å². The molecule has 4 heteroatoms. The first-order valence-electron chi connectivity index (χ1n) is 4.12. The molecule has 1 N–H and O–H groups in total. The average Bonchev–Trinajstić information content (AvgIpc) is 2.17. The molecule has 0 bridgehead atoms. The molecule has 0 fully saturated rings. The van der Waals surface area contributed by atoms with Crippen molar-refractivity contribution in [2.75, 3.05) is 0 Å². The van der Waals surface area contributed by atoms with Crippen molar-refractivity contribution in [3.8, 4) is 0 Å². The summed E-state index contributed by atoms with van der Waals surface area (Å²) in [7, 11) is -2.38. The average molecular weight is 208 g/mol. The van der Waals surface area contributed by atoms with E-state index in [0.717, 1.165) is 5.56 Å². The Hall–Kier alpha value is -1.39. The highest BCUT2D eigenvalue weighted by atomic mass is 32.2. The van der Waals surface area contributed by atoms with Crippen molar-refractivity contribution in [3.63, 3.8) is 0 Å². The summed E-state index contributed by atoms with van der Waals surface area (Å²) in [6.07, 6.45) is 2.16. The summed E-state index contributed by atoms with van der Waals surface area (Å²) >= 11 is 0. The second kappa shape index (κ2) is 3.40. The van der Waals surface area contributed by atoms with Crippen molar-refractivity contribution in [1.29, 1.82) is 0 Å². The molecular formula is C10H8O3S. The van der Waals surface area contributed by atoms with Gasteiger partial charge in [-0.2, -0.15) is 8.42 Å². The summed E-state index contributed by atoms with van der Waals surface area (Å²) < 4.78 is 21.8. The van der Waals surface area contributed by atoms with Gasteiger partial charge in [0.2, 0.25) is 10.3 Å². The van der Waals surface area contributed by atoms with Gasteiger partial charge in [-0.3, -0.25) is 0 Å². The Morgan fingerprint density at radius 1 is 1.21 bits per heavy atom. The Balaban J connectivity index is 2.79. The number of fused-ring (bicyclic) bond motifs is 1. The number of aliphatic hydroxyl groups is 1. The van der Waals surface area contributed by atoms with Gasteiger partial charge in [-0.15, -0.1) is 0 Å². The molecule has 14 heavy (non-hydrogen) atoms. The van der Waals surface area contributed by atoms with Crippen LogP contribution >= 0.6 is 0 Å². The molecule has 1 aliphatic carbocycles. The molecule has 0 heterocycles. The summed E-state index contributed by atoms with van der Waals surface area (Å²) in [5, 5.41) is 9.47. The van der Waals surface area contributed by atoms with E-state index in [1.165, 1.54) is 6.08 Å². The number of aliphatic hydroxyl groups excluding tert-OH is 1. The van der Waals surface area contributed by atoms with Gasteiger partial charge < -0.3 is 5.11 Å². The Bertz CT molecular complexity index is 518. The molecule has 1 unspecified atom stereocenters. The van der Waals surface area contributed by atoms with Crippen molar-refractivity contribution in [2.24, 2.45) is 0 Å². The van der Waals surface area contributed by atoms with Crippen LogP contribution in [0.15, 0.2) is 30.3 Å². The zero-order chi connectivity index (χ0) is 10.1. The van der Waals surface area contributed by atoms with Crippen molar-refractivity contribution >= 4 is 21.2 Å². The highest BCUT2D eigenvalue weighted by Crippen LogP contribution is 2.18. The molecule has 0 saturated heterocycles. The highest BCUT2D eigenvalue weighted by molar-refractivity contribution is 7.73. The first kappa shape index (κ1) is 9.18. The van der Waals surface area contributed by atoms with Crippen molar-refractivity contribution < 1.29 is 13.5 Å². The quantitative estimate of drug-likeness (QED) is 0.631. The van der Waals surface area contributed by atoms with E-state index in [4.69, 9.17) is 0 Å². The fraction of sp³-hybridized carbons (Fsp3) is 0.100. The summed E-state index contributed by atoms with van der Waals surface area (Å²) in [6, 6.07) is 7.07. The fourth-order valence-electron chi connectivity index (χ4n) is 1.50.